The van der Waals surface area contributed by atoms with Gasteiger partial charge in [0.1, 0.15) is 24.2 Å². The highest BCUT2D eigenvalue weighted by Gasteiger charge is 2.28. The van der Waals surface area contributed by atoms with Crippen LogP contribution in [0.2, 0.25) is 0 Å². The molecule has 17 heavy (non-hydrogen) atoms. The number of hydrogen-bond acceptors (Lipinski definition) is 3. The van der Waals surface area contributed by atoms with Crippen LogP contribution in [0.3, 0.4) is 0 Å². The van der Waals surface area contributed by atoms with Crippen molar-refractivity contribution in [3.63, 3.8) is 0 Å². The maximum atomic E-state index is 12.6. The number of aliphatic carboxylic acids is 1. The average molecular weight is 239 g/mol. The van der Waals surface area contributed by atoms with Crippen LogP contribution < -0.4 is 10.1 Å². The summed E-state index contributed by atoms with van der Waals surface area (Å²) in [5.41, 5.74) is 0. The van der Waals surface area contributed by atoms with Crippen molar-refractivity contribution in [3.8, 4) is 5.75 Å². The van der Waals surface area contributed by atoms with E-state index in [1.54, 1.807) is 0 Å². The number of rotatable bonds is 6. The summed E-state index contributed by atoms with van der Waals surface area (Å²) in [7, 11) is 0. The summed E-state index contributed by atoms with van der Waals surface area (Å²) in [5.74, 6) is -0.808. The van der Waals surface area contributed by atoms with Gasteiger partial charge < -0.3 is 9.84 Å². The first-order valence-electron chi connectivity index (χ1n) is 5.52. The summed E-state index contributed by atoms with van der Waals surface area (Å²) in [6, 6.07) is 5.09. The van der Waals surface area contributed by atoms with E-state index in [2.05, 4.69) is 5.32 Å². The Morgan fingerprint density at radius 1 is 1.47 bits per heavy atom. The minimum atomic E-state index is -0.931. The Morgan fingerprint density at radius 3 is 2.65 bits per heavy atom. The third-order valence-electron chi connectivity index (χ3n) is 2.54. The molecule has 0 saturated heterocycles. The van der Waals surface area contributed by atoms with Gasteiger partial charge in [-0.3, -0.25) is 10.1 Å². The van der Waals surface area contributed by atoms with Gasteiger partial charge in [0.25, 0.3) is 0 Å². The lowest BCUT2D eigenvalue weighted by atomic mass is 10.3. The third kappa shape index (κ3) is 3.71. The second-order valence-corrected chi connectivity index (χ2v) is 4.10. The molecule has 92 valence electrons. The number of nitrogens with one attached hydrogen (secondary N) is 1. The zero-order chi connectivity index (χ0) is 12.3. The molecular weight excluding hydrogens is 225 g/mol. The lowest BCUT2D eigenvalue weighted by Gasteiger charge is -2.14. The molecule has 1 fully saturated rings. The number of carboxylic acids is 1. The molecule has 1 aromatic carbocycles. The van der Waals surface area contributed by atoms with Crippen LogP contribution in [0, 0.1) is 5.82 Å². The van der Waals surface area contributed by atoms with Crippen molar-refractivity contribution in [1.29, 1.82) is 0 Å². The Hall–Kier alpha value is -1.62. The highest BCUT2D eigenvalue weighted by molar-refractivity contribution is 5.73. The molecule has 2 N–H and O–H groups in total. The molecule has 0 aromatic heterocycles. The topological polar surface area (TPSA) is 58.6 Å². The fourth-order valence-electron chi connectivity index (χ4n) is 1.44. The average Bonchev–Trinajstić information content (AvgIpc) is 3.10. The molecule has 5 heteroatoms. The molecule has 0 amide bonds. The van der Waals surface area contributed by atoms with Gasteiger partial charge in [-0.2, -0.15) is 0 Å². The molecule has 1 saturated carbocycles. The molecule has 1 aliphatic rings. The molecule has 1 unspecified atom stereocenters. The van der Waals surface area contributed by atoms with E-state index in [0.29, 0.717) is 11.8 Å². The van der Waals surface area contributed by atoms with Crippen LogP contribution in [0.15, 0.2) is 24.3 Å². The standard InChI is InChI=1S/C12H14FNO3/c13-8-1-5-10(6-2-8)17-7-11(12(15)16)14-9-3-4-9/h1-2,5-6,9,11,14H,3-4,7H2,(H,15,16). The van der Waals surface area contributed by atoms with Crippen LogP contribution >= 0.6 is 0 Å². The summed E-state index contributed by atoms with van der Waals surface area (Å²) in [4.78, 5) is 10.9. The highest BCUT2D eigenvalue weighted by Crippen LogP contribution is 2.19. The zero-order valence-electron chi connectivity index (χ0n) is 9.23. The SMILES string of the molecule is O=C(O)C(COc1ccc(F)cc1)NC1CC1. The summed E-state index contributed by atoms with van der Waals surface area (Å²) < 4.78 is 17.9. The number of benzene rings is 1. The Bertz CT molecular complexity index is 389. The molecule has 4 nitrogen and oxygen atoms in total. The minimum Gasteiger partial charge on any atom is -0.491 e. The van der Waals surface area contributed by atoms with E-state index >= 15 is 0 Å². The maximum Gasteiger partial charge on any atom is 0.324 e. The summed E-state index contributed by atoms with van der Waals surface area (Å²) in [6.07, 6.45) is 2.03. The fourth-order valence-corrected chi connectivity index (χ4v) is 1.44. The largest absolute Gasteiger partial charge is 0.491 e. The van der Waals surface area contributed by atoms with Crippen LogP contribution in [0.5, 0.6) is 5.75 Å². The van der Waals surface area contributed by atoms with E-state index in [-0.39, 0.29) is 12.4 Å². The van der Waals surface area contributed by atoms with Gasteiger partial charge in [-0.15, -0.1) is 0 Å². The second-order valence-electron chi connectivity index (χ2n) is 4.10. The van der Waals surface area contributed by atoms with Gasteiger partial charge in [-0.1, -0.05) is 0 Å². The zero-order valence-corrected chi connectivity index (χ0v) is 9.23. The van der Waals surface area contributed by atoms with Gasteiger partial charge in [-0.05, 0) is 37.1 Å². The molecular formula is C12H14FNO3. The minimum absolute atomic E-state index is 0.0392. The van der Waals surface area contributed by atoms with Crippen LogP contribution in [0.25, 0.3) is 0 Å². The highest BCUT2D eigenvalue weighted by atomic mass is 19.1. The van der Waals surface area contributed by atoms with Crippen LogP contribution in [0.4, 0.5) is 4.39 Å². The van der Waals surface area contributed by atoms with Crippen molar-refractivity contribution in [3.05, 3.63) is 30.1 Å². The summed E-state index contributed by atoms with van der Waals surface area (Å²) >= 11 is 0. The van der Waals surface area contributed by atoms with Crippen molar-refractivity contribution < 1.29 is 19.0 Å². The number of carboxylic acid groups (broad SMARTS) is 1. The first-order chi connectivity index (χ1) is 8.15. The van der Waals surface area contributed by atoms with Crippen LogP contribution in [-0.4, -0.2) is 29.8 Å². The molecule has 2 rings (SSSR count). The monoisotopic (exact) mass is 239 g/mol. The first-order valence-corrected chi connectivity index (χ1v) is 5.52. The Morgan fingerprint density at radius 2 is 2.12 bits per heavy atom. The molecule has 0 aliphatic heterocycles. The number of hydrogen-bond donors (Lipinski definition) is 2. The Labute approximate surface area is 98.4 Å². The van der Waals surface area contributed by atoms with Gasteiger partial charge in [0.15, 0.2) is 0 Å². The quantitative estimate of drug-likeness (QED) is 0.788. The van der Waals surface area contributed by atoms with Gasteiger partial charge in [0.05, 0.1) is 0 Å². The van der Waals surface area contributed by atoms with Crippen molar-refractivity contribution in [2.24, 2.45) is 0 Å². The van der Waals surface area contributed by atoms with Crippen LogP contribution in [-0.2, 0) is 4.79 Å². The lowest BCUT2D eigenvalue weighted by molar-refractivity contribution is -0.140. The number of halogens is 1. The van der Waals surface area contributed by atoms with Crippen molar-refractivity contribution in [2.75, 3.05) is 6.61 Å². The Balaban J connectivity index is 1.85. The van der Waals surface area contributed by atoms with Crippen LogP contribution in [0.1, 0.15) is 12.8 Å². The second kappa shape index (κ2) is 5.14. The maximum absolute atomic E-state index is 12.6. The third-order valence-corrected chi connectivity index (χ3v) is 2.54. The summed E-state index contributed by atoms with van der Waals surface area (Å²) in [6.45, 7) is 0.0392. The van der Waals surface area contributed by atoms with Gasteiger partial charge in [0.2, 0.25) is 0 Å². The summed E-state index contributed by atoms with van der Waals surface area (Å²) in [5, 5.41) is 11.9. The Kier molecular flexibility index (Phi) is 3.58. The van der Waals surface area contributed by atoms with E-state index in [1.807, 2.05) is 0 Å². The molecule has 1 atom stereocenters. The van der Waals surface area contributed by atoms with E-state index in [1.165, 1.54) is 24.3 Å². The van der Waals surface area contributed by atoms with Crippen molar-refractivity contribution >= 4 is 5.97 Å². The fraction of sp³-hybridized carbons (Fsp3) is 0.417. The smallest absolute Gasteiger partial charge is 0.324 e. The molecule has 0 radical (unpaired) electrons. The molecule has 1 aromatic rings. The predicted octanol–water partition coefficient (Wildman–Crippen LogP) is 1.41. The lowest BCUT2D eigenvalue weighted by Crippen LogP contribution is -2.42. The van der Waals surface area contributed by atoms with Crippen molar-refractivity contribution in [1.82, 2.24) is 5.32 Å². The molecule has 0 spiro atoms. The molecule has 0 bridgehead atoms. The first kappa shape index (κ1) is 11.9. The number of carbonyl (C=O) groups is 1. The van der Waals surface area contributed by atoms with E-state index in [4.69, 9.17) is 9.84 Å². The van der Waals surface area contributed by atoms with E-state index < -0.39 is 12.0 Å². The van der Waals surface area contributed by atoms with Gasteiger partial charge in [-0.25, -0.2) is 4.39 Å². The van der Waals surface area contributed by atoms with E-state index in [0.717, 1.165) is 12.8 Å². The van der Waals surface area contributed by atoms with Gasteiger partial charge in [0, 0.05) is 6.04 Å². The van der Waals surface area contributed by atoms with Crippen molar-refractivity contribution in [2.45, 2.75) is 24.9 Å². The molecule has 0 heterocycles. The van der Waals surface area contributed by atoms with Gasteiger partial charge >= 0.3 is 5.97 Å². The normalized spacial score (nSPS) is 16.5. The van der Waals surface area contributed by atoms with E-state index in [9.17, 15) is 9.18 Å². The predicted molar refractivity (Wildman–Crippen MR) is 59.5 cm³/mol. The number of ether oxygens (including phenoxy) is 1. The molecule has 1 aliphatic carbocycles.